The van der Waals surface area contributed by atoms with Crippen molar-refractivity contribution in [2.75, 3.05) is 6.54 Å². The zero-order chi connectivity index (χ0) is 10.4. The molecule has 0 bridgehead atoms. The van der Waals surface area contributed by atoms with E-state index in [1.165, 1.54) is 0 Å². The molecular weight excluding hydrogens is 178 g/mol. The Kier molecular flexibility index (Phi) is 4.13. The maximum absolute atomic E-state index is 11.2. The largest absolute Gasteiger partial charge is 0.388 e. The lowest BCUT2D eigenvalue weighted by molar-refractivity contribution is -0.122. The van der Waals surface area contributed by atoms with Gasteiger partial charge in [-0.3, -0.25) is 4.79 Å². The van der Waals surface area contributed by atoms with Crippen LogP contribution in [0, 0.1) is 0 Å². The first-order chi connectivity index (χ1) is 6.74. The Balaban J connectivity index is 2.50. The standard InChI is InChI=1S/C11H15NO2/c1-2-12-11(14)8-10(13)9-6-4-3-5-7-9/h3-7,10,13H,2,8H2,1H3,(H,12,14)/t10-/m0/s1. The minimum Gasteiger partial charge on any atom is -0.388 e. The Hall–Kier alpha value is -1.35. The summed E-state index contributed by atoms with van der Waals surface area (Å²) in [5.74, 6) is -0.121. The molecule has 0 aliphatic heterocycles. The van der Waals surface area contributed by atoms with E-state index < -0.39 is 6.10 Å². The van der Waals surface area contributed by atoms with Crippen molar-refractivity contribution >= 4 is 5.91 Å². The maximum Gasteiger partial charge on any atom is 0.222 e. The van der Waals surface area contributed by atoms with Gasteiger partial charge in [-0.15, -0.1) is 0 Å². The molecule has 0 aliphatic carbocycles. The molecule has 0 radical (unpaired) electrons. The SMILES string of the molecule is CCNC(=O)C[C@H](O)c1ccccc1. The van der Waals surface area contributed by atoms with Crippen molar-refractivity contribution in [3.05, 3.63) is 35.9 Å². The van der Waals surface area contributed by atoms with Gasteiger partial charge in [0.2, 0.25) is 5.91 Å². The fraction of sp³-hybridized carbons (Fsp3) is 0.364. The van der Waals surface area contributed by atoms with Crippen molar-refractivity contribution in [3.8, 4) is 0 Å². The van der Waals surface area contributed by atoms with Gasteiger partial charge in [0.15, 0.2) is 0 Å². The second kappa shape index (κ2) is 5.40. The van der Waals surface area contributed by atoms with E-state index in [-0.39, 0.29) is 12.3 Å². The summed E-state index contributed by atoms with van der Waals surface area (Å²) in [5.41, 5.74) is 0.777. The number of hydrogen-bond acceptors (Lipinski definition) is 2. The van der Waals surface area contributed by atoms with Crippen LogP contribution in [0.1, 0.15) is 25.0 Å². The smallest absolute Gasteiger partial charge is 0.222 e. The number of benzene rings is 1. The Bertz CT molecular complexity index is 285. The molecule has 14 heavy (non-hydrogen) atoms. The minimum atomic E-state index is -0.706. The topological polar surface area (TPSA) is 49.3 Å². The van der Waals surface area contributed by atoms with Gasteiger partial charge in [0, 0.05) is 6.54 Å². The summed E-state index contributed by atoms with van der Waals surface area (Å²) in [7, 11) is 0. The first-order valence-electron chi connectivity index (χ1n) is 4.73. The molecule has 0 aliphatic rings. The zero-order valence-electron chi connectivity index (χ0n) is 8.23. The summed E-state index contributed by atoms with van der Waals surface area (Å²) in [4.78, 5) is 11.2. The molecule has 1 amide bonds. The molecule has 3 nitrogen and oxygen atoms in total. The van der Waals surface area contributed by atoms with Crippen LogP contribution in [0.2, 0.25) is 0 Å². The molecule has 1 aromatic carbocycles. The Morgan fingerprint density at radius 2 is 2.07 bits per heavy atom. The maximum atomic E-state index is 11.2. The van der Waals surface area contributed by atoms with Gasteiger partial charge in [-0.25, -0.2) is 0 Å². The van der Waals surface area contributed by atoms with Crippen molar-refractivity contribution in [2.45, 2.75) is 19.4 Å². The van der Waals surface area contributed by atoms with E-state index in [1.807, 2.05) is 37.3 Å². The van der Waals surface area contributed by atoms with Crippen LogP contribution in [0.4, 0.5) is 0 Å². The molecule has 0 fully saturated rings. The van der Waals surface area contributed by atoms with Crippen LogP contribution in [0.25, 0.3) is 0 Å². The Labute approximate surface area is 83.8 Å². The summed E-state index contributed by atoms with van der Waals surface area (Å²) >= 11 is 0. The number of carbonyl (C=O) groups excluding carboxylic acids is 1. The predicted molar refractivity (Wildman–Crippen MR) is 54.7 cm³/mol. The molecule has 0 heterocycles. The van der Waals surface area contributed by atoms with E-state index in [2.05, 4.69) is 5.32 Å². The minimum absolute atomic E-state index is 0.121. The lowest BCUT2D eigenvalue weighted by atomic mass is 10.1. The highest BCUT2D eigenvalue weighted by Gasteiger charge is 2.11. The van der Waals surface area contributed by atoms with Gasteiger partial charge >= 0.3 is 0 Å². The van der Waals surface area contributed by atoms with Crippen LogP contribution < -0.4 is 5.32 Å². The summed E-state index contributed by atoms with van der Waals surface area (Å²) in [6.07, 6.45) is -0.583. The predicted octanol–water partition coefficient (Wildman–Crippen LogP) is 1.25. The average Bonchev–Trinajstić information content (AvgIpc) is 2.19. The molecule has 1 rings (SSSR count). The van der Waals surface area contributed by atoms with Crippen molar-refractivity contribution in [1.82, 2.24) is 5.32 Å². The van der Waals surface area contributed by atoms with Crippen molar-refractivity contribution in [2.24, 2.45) is 0 Å². The quantitative estimate of drug-likeness (QED) is 0.756. The number of carbonyl (C=O) groups is 1. The number of aliphatic hydroxyl groups is 1. The highest BCUT2D eigenvalue weighted by Crippen LogP contribution is 2.15. The van der Waals surface area contributed by atoms with E-state index in [1.54, 1.807) is 0 Å². The third kappa shape index (κ3) is 3.18. The first kappa shape index (κ1) is 10.7. The lowest BCUT2D eigenvalue weighted by Gasteiger charge is -2.09. The van der Waals surface area contributed by atoms with Crippen molar-refractivity contribution in [1.29, 1.82) is 0 Å². The van der Waals surface area contributed by atoms with Gasteiger partial charge in [-0.1, -0.05) is 30.3 Å². The third-order valence-electron chi connectivity index (χ3n) is 1.94. The van der Waals surface area contributed by atoms with Gasteiger partial charge in [-0.2, -0.15) is 0 Å². The summed E-state index contributed by atoms with van der Waals surface area (Å²) in [6, 6.07) is 9.18. The van der Waals surface area contributed by atoms with Crippen LogP contribution >= 0.6 is 0 Å². The highest BCUT2D eigenvalue weighted by atomic mass is 16.3. The fourth-order valence-electron chi connectivity index (χ4n) is 1.24. The molecular formula is C11H15NO2. The normalized spacial score (nSPS) is 12.1. The van der Waals surface area contributed by atoms with E-state index in [9.17, 15) is 9.90 Å². The molecule has 0 unspecified atom stereocenters. The Morgan fingerprint density at radius 3 is 2.64 bits per heavy atom. The molecule has 2 N–H and O–H groups in total. The number of hydrogen-bond donors (Lipinski definition) is 2. The van der Waals surface area contributed by atoms with Gasteiger partial charge in [0.25, 0.3) is 0 Å². The third-order valence-corrected chi connectivity index (χ3v) is 1.94. The van der Waals surface area contributed by atoms with Gasteiger partial charge in [0.1, 0.15) is 0 Å². The summed E-state index contributed by atoms with van der Waals surface area (Å²) in [5, 5.41) is 12.3. The van der Waals surface area contributed by atoms with E-state index in [0.29, 0.717) is 6.54 Å². The number of rotatable bonds is 4. The summed E-state index contributed by atoms with van der Waals surface area (Å²) < 4.78 is 0. The van der Waals surface area contributed by atoms with Crippen LogP contribution in [0.3, 0.4) is 0 Å². The van der Waals surface area contributed by atoms with E-state index in [4.69, 9.17) is 0 Å². The lowest BCUT2D eigenvalue weighted by Crippen LogP contribution is -2.24. The van der Waals surface area contributed by atoms with Crippen LogP contribution in [0.15, 0.2) is 30.3 Å². The molecule has 0 spiro atoms. The molecule has 76 valence electrons. The second-order valence-corrected chi connectivity index (χ2v) is 3.08. The fourth-order valence-corrected chi connectivity index (χ4v) is 1.24. The zero-order valence-corrected chi connectivity index (χ0v) is 8.23. The highest BCUT2D eigenvalue weighted by molar-refractivity contribution is 5.76. The van der Waals surface area contributed by atoms with E-state index in [0.717, 1.165) is 5.56 Å². The van der Waals surface area contributed by atoms with Crippen LogP contribution in [-0.2, 0) is 4.79 Å². The molecule has 1 atom stereocenters. The van der Waals surface area contributed by atoms with Gasteiger partial charge in [-0.05, 0) is 12.5 Å². The van der Waals surface area contributed by atoms with Gasteiger partial charge < -0.3 is 10.4 Å². The monoisotopic (exact) mass is 193 g/mol. The van der Waals surface area contributed by atoms with Crippen LogP contribution in [-0.4, -0.2) is 17.6 Å². The van der Waals surface area contributed by atoms with Crippen molar-refractivity contribution in [3.63, 3.8) is 0 Å². The molecule has 1 aromatic rings. The average molecular weight is 193 g/mol. The number of aliphatic hydroxyl groups excluding tert-OH is 1. The number of nitrogens with one attached hydrogen (secondary N) is 1. The van der Waals surface area contributed by atoms with Crippen molar-refractivity contribution < 1.29 is 9.90 Å². The molecule has 3 heteroatoms. The molecule has 0 saturated carbocycles. The first-order valence-corrected chi connectivity index (χ1v) is 4.73. The number of amides is 1. The van der Waals surface area contributed by atoms with Gasteiger partial charge in [0.05, 0.1) is 12.5 Å². The van der Waals surface area contributed by atoms with Crippen LogP contribution in [0.5, 0.6) is 0 Å². The molecule has 0 saturated heterocycles. The molecule has 0 aromatic heterocycles. The second-order valence-electron chi connectivity index (χ2n) is 3.08. The van der Waals surface area contributed by atoms with E-state index >= 15 is 0 Å². The Morgan fingerprint density at radius 1 is 1.43 bits per heavy atom. The summed E-state index contributed by atoms with van der Waals surface area (Å²) in [6.45, 7) is 2.45.